The maximum absolute atomic E-state index is 2.51. The zero-order valence-corrected chi connectivity index (χ0v) is 15.7. The predicted octanol–water partition coefficient (Wildman–Crippen LogP) is 7.39. The van der Waals surface area contributed by atoms with E-state index in [2.05, 4.69) is 62.4 Å². The first-order valence-corrected chi connectivity index (χ1v) is 10.1. The van der Waals surface area contributed by atoms with E-state index < -0.39 is 0 Å². The second kappa shape index (κ2) is 7.20. The first-order chi connectivity index (χ1) is 12.2. The highest BCUT2D eigenvalue weighted by Gasteiger charge is 2.20. The van der Waals surface area contributed by atoms with Crippen molar-refractivity contribution in [2.24, 2.45) is 5.92 Å². The monoisotopic (exact) mass is 330 g/mol. The average Bonchev–Trinajstić information content (AvgIpc) is 3.05. The molecule has 0 nitrogen and oxygen atoms in total. The molecular formula is C25H30. The van der Waals surface area contributed by atoms with Gasteiger partial charge in [0, 0.05) is 0 Å². The molecule has 0 aromatic heterocycles. The smallest absolute Gasteiger partial charge is 0.00575 e. The van der Waals surface area contributed by atoms with E-state index in [1.807, 2.05) is 0 Å². The minimum absolute atomic E-state index is 0.595. The SMILES string of the molecule is CC(C)c1ccc(-c2cccc3c2C=C(CC2CCCCC2)C3)cc1. The Labute approximate surface area is 153 Å². The van der Waals surface area contributed by atoms with Gasteiger partial charge in [-0.25, -0.2) is 0 Å². The van der Waals surface area contributed by atoms with E-state index >= 15 is 0 Å². The van der Waals surface area contributed by atoms with E-state index in [-0.39, 0.29) is 0 Å². The van der Waals surface area contributed by atoms with Gasteiger partial charge in [-0.2, -0.15) is 0 Å². The first kappa shape index (κ1) is 16.6. The molecule has 2 aromatic carbocycles. The van der Waals surface area contributed by atoms with Crippen molar-refractivity contribution >= 4 is 6.08 Å². The summed E-state index contributed by atoms with van der Waals surface area (Å²) in [5.41, 5.74) is 8.85. The van der Waals surface area contributed by atoms with E-state index in [4.69, 9.17) is 0 Å². The summed E-state index contributed by atoms with van der Waals surface area (Å²) in [5.74, 6) is 1.53. The van der Waals surface area contributed by atoms with Crippen LogP contribution in [0.2, 0.25) is 0 Å². The van der Waals surface area contributed by atoms with Gasteiger partial charge in [-0.05, 0) is 52.5 Å². The van der Waals surface area contributed by atoms with Crippen LogP contribution in [0.4, 0.5) is 0 Å². The van der Waals surface area contributed by atoms with Crippen molar-refractivity contribution in [1.82, 2.24) is 0 Å². The van der Waals surface area contributed by atoms with Gasteiger partial charge >= 0.3 is 0 Å². The standard InChI is InChI=1S/C25H30/c1-18(2)21-11-13-22(14-12-21)24-10-6-9-23-16-20(17-25(23)24)15-19-7-4-3-5-8-19/h6,9-14,17-19H,3-5,7-8,15-16H2,1-2H3. The lowest BCUT2D eigenvalue weighted by Crippen LogP contribution is -2.07. The molecule has 0 amide bonds. The summed E-state index contributed by atoms with van der Waals surface area (Å²) in [5, 5.41) is 0. The third-order valence-corrected chi connectivity index (χ3v) is 6.13. The van der Waals surface area contributed by atoms with Gasteiger partial charge in [-0.15, -0.1) is 0 Å². The van der Waals surface area contributed by atoms with Crippen molar-refractivity contribution in [3.05, 3.63) is 64.7 Å². The highest BCUT2D eigenvalue weighted by molar-refractivity contribution is 5.80. The maximum Gasteiger partial charge on any atom is -0.00575 e. The lowest BCUT2D eigenvalue weighted by Gasteiger charge is -2.21. The Morgan fingerprint density at radius 3 is 2.40 bits per heavy atom. The number of fused-ring (bicyclic) bond motifs is 1. The lowest BCUT2D eigenvalue weighted by molar-refractivity contribution is 0.355. The summed E-state index contributed by atoms with van der Waals surface area (Å²) in [7, 11) is 0. The van der Waals surface area contributed by atoms with Crippen LogP contribution in [0.5, 0.6) is 0 Å². The number of rotatable bonds is 4. The molecule has 0 heterocycles. The van der Waals surface area contributed by atoms with Gasteiger partial charge in [0.1, 0.15) is 0 Å². The van der Waals surface area contributed by atoms with E-state index in [1.165, 1.54) is 72.8 Å². The number of allylic oxidation sites excluding steroid dienone is 1. The van der Waals surface area contributed by atoms with Crippen LogP contribution in [0, 0.1) is 5.92 Å². The summed E-state index contributed by atoms with van der Waals surface area (Å²) >= 11 is 0. The highest BCUT2D eigenvalue weighted by Crippen LogP contribution is 2.38. The van der Waals surface area contributed by atoms with Crippen LogP contribution < -0.4 is 0 Å². The Morgan fingerprint density at radius 2 is 1.68 bits per heavy atom. The Hall–Kier alpha value is -1.82. The molecule has 25 heavy (non-hydrogen) atoms. The molecule has 1 saturated carbocycles. The van der Waals surface area contributed by atoms with Crippen LogP contribution in [0.1, 0.15) is 75.0 Å². The summed E-state index contributed by atoms with van der Waals surface area (Å²) in [6, 6.07) is 16.1. The molecule has 4 rings (SSSR count). The topological polar surface area (TPSA) is 0 Å². The Kier molecular flexibility index (Phi) is 4.79. The summed E-state index contributed by atoms with van der Waals surface area (Å²) < 4.78 is 0. The summed E-state index contributed by atoms with van der Waals surface area (Å²) in [6.07, 6.45) is 12.2. The fraction of sp³-hybridized carbons (Fsp3) is 0.440. The molecule has 130 valence electrons. The van der Waals surface area contributed by atoms with Crippen LogP contribution in [0.15, 0.2) is 48.0 Å². The van der Waals surface area contributed by atoms with Crippen LogP contribution in [0.25, 0.3) is 17.2 Å². The first-order valence-electron chi connectivity index (χ1n) is 10.1. The zero-order chi connectivity index (χ0) is 17.2. The van der Waals surface area contributed by atoms with Gasteiger partial charge in [0.2, 0.25) is 0 Å². The van der Waals surface area contributed by atoms with Crippen molar-refractivity contribution in [2.75, 3.05) is 0 Å². The largest absolute Gasteiger partial charge is 0.0649 e. The number of benzene rings is 2. The Balaban J connectivity index is 1.59. The van der Waals surface area contributed by atoms with E-state index in [1.54, 1.807) is 5.57 Å². The molecule has 2 aromatic rings. The molecule has 0 aliphatic heterocycles. The molecule has 2 aliphatic rings. The second-order valence-electron chi connectivity index (χ2n) is 8.34. The maximum atomic E-state index is 2.51. The summed E-state index contributed by atoms with van der Waals surface area (Å²) in [6.45, 7) is 4.52. The van der Waals surface area contributed by atoms with Crippen LogP contribution in [0.3, 0.4) is 0 Å². The molecule has 0 heteroatoms. The molecule has 0 spiro atoms. The number of hydrogen-bond donors (Lipinski definition) is 0. The van der Waals surface area contributed by atoms with Crippen LogP contribution in [-0.4, -0.2) is 0 Å². The molecule has 1 fully saturated rings. The second-order valence-corrected chi connectivity index (χ2v) is 8.34. The lowest BCUT2D eigenvalue weighted by atomic mass is 9.84. The molecule has 0 atom stereocenters. The van der Waals surface area contributed by atoms with Crippen molar-refractivity contribution in [3.8, 4) is 11.1 Å². The predicted molar refractivity (Wildman–Crippen MR) is 109 cm³/mol. The summed E-state index contributed by atoms with van der Waals surface area (Å²) in [4.78, 5) is 0. The average molecular weight is 331 g/mol. The third-order valence-electron chi connectivity index (χ3n) is 6.13. The zero-order valence-electron chi connectivity index (χ0n) is 15.7. The molecular weight excluding hydrogens is 300 g/mol. The minimum Gasteiger partial charge on any atom is -0.0649 e. The van der Waals surface area contributed by atoms with Crippen LogP contribution >= 0.6 is 0 Å². The van der Waals surface area contributed by atoms with Gasteiger partial charge in [0.05, 0.1) is 0 Å². The Bertz CT molecular complexity index is 755. The number of hydrogen-bond acceptors (Lipinski definition) is 0. The van der Waals surface area contributed by atoms with E-state index in [9.17, 15) is 0 Å². The Morgan fingerprint density at radius 1 is 0.920 bits per heavy atom. The molecule has 0 N–H and O–H groups in total. The highest BCUT2D eigenvalue weighted by atomic mass is 14.3. The van der Waals surface area contributed by atoms with Crippen molar-refractivity contribution in [2.45, 2.75) is 64.7 Å². The van der Waals surface area contributed by atoms with Crippen molar-refractivity contribution in [1.29, 1.82) is 0 Å². The van der Waals surface area contributed by atoms with Gasteiger partial charge in [0.15, 0.2) is 0 Å². The van der Waals surface area contributed by atoms with E-state index in [0.717, 1.165) is 5.92 Å². The van der Waals surface area contributed by atoms with Gasteiger partial charge in [0.25, 0.3) is 0 Å². The molecule has 0 bridgehead atoms. The molecule has 0 radical (unpaired) electrons. The normalized spacial score (nSPS) is 17.6. The molecule has 0 saturated heterocycles. The van der Waals surface area contributed by atoms with Gasteiger partial charge < -0.3 is 0 Å². The van der Waals surface area contributed by atoms with Gasteiger partial charge in [-0.3, -0.25) is 0 Å². The van der Waals surface area contributed by atoms with Crippen LogP contribution in [-0.2, 0) is 6.42 Å². The van der Waals surface area contributed by atoms with Gasteiger partial charge in [-0.1, -0.05) is 100 Å². The van der Waals surface area contributed by atoms with Crippen molar-refractivity contribution < 1.29 is 0 Å². The fourth-order valence-electron chi connectivity index (χ4n) is 4.63. The fourth-order valence-corrected chi connectivity index (χ4v) is 4.63. The van der Waals surface area contributed by atoms with Crippen molar-refractivity contribution in [3.63, 3.8) is 0 Å². The minimum atomic E-state index is 0.595. The quantitative estimate of drug-likeness (QED) is 0.548. The molecule has 2 aliphatic carbocycles. The molecule has 0 unspecified atom stereocenters. The van der Waals surface area contributed by atoms with E-state index in [0.29, 0.717) is 5.92 Å². The third kappa shape index (κ3) is 3.59.